The molecule has 78 valence electrons. The maximum Gasteiger partial charge on any atom is 0.256 e. The second-order valence-electron chi connectivity index (χ2n) is 3.26. The number of alkyl halides is 2. The van der Waals surface area contributed by atoms with E-state index in [1.165, 1.54) is 6.92 Å². The standard InChI is InChI=1S/C8H16F2N2O/c1-3-6(13)12-5-4-8(2,11)7(9)10/h7H,3-5,11H2,1-2H3,(H,12,13). The van der Waals surface area contributed by atoms with Crippen molar-refractivity contribution >= 4 is 5.91 Å². The maximum atomic E-state index is 12.2. The molecule has 0 spiro atoms. The van der Waals surface area contributed by atoms with E-state index >= 15 is 0 Å². The van der Waals surface area contributed by atoms with Crippen molar-refractivity contribution in [3.05, 3.63) is 0 Å². The highest BCUT2D eigenvalue weighted by Crippen LogP contribution is 2.15. The van der Waals surface area contributed by atoms with Crippen LogP contribution in [-0.4, -0.2) is 24.4 Å². The molecule has 0 aliphatic carbocycles. The van der Waals surface area contributed by atoms with Gasteiger partial charge in [-0.3, -0.25) is 4.79 Å². The fourth-order valence-corrected chi connectivity index (χ4v) is 0.705. The molecule has 0 aromatic heterocycles. The number of hydrogen-bond donors (Lipinski definition) is 2. The molecule has 0 rings (SSSR count). The number of rotatable bonds is 5. The van der Waals surface area contributed by atoms with Crippen LogP contribution in [-0.2, 0) is 4.79 Å². The minimum Gasteiger partial charge on any atom is -0.356 e. The van der Waals surface area contributed by atoms with Crippen molar-refractivity contribution in [2.45, 2.75) is 38.7 Å². The first-order chi connectivity index (χ1) is 5.90. The maximum absolute atomic E-state index is 12.2. The second kappa shape index (κ2) is 5.11. The molecule has 3 nitrogen and oxygen atoms in total. The Kier molecular flexibility index (Phi) is 4.83. The molecule has 1 unspecified atom stereocenters. The largest absolute Gasteiger partial charge is 0.356 e. The molecule has 0 aromatic rings. The zero-order valence-corrected chi connectivity index (χ0v) is 7.94. The fraction of sp³-hybridized carbons (Fsp3) is 0.875. The van der Waals surface area contributed by atoms with E-state index in [-0.39, 0.29) is 18.9 Å². The van der Waals surface area contributed by atoms with E-state index in [1.807, 2.05) is 0 Å². The van der Waals surface area contributed by atoms with E-state index in [0.29, 0.717) is 6.42 Å². The van der Waals surface area contributed by atoms with Crippen LogP contribution in [0, 0.1) is 0 Å². The van der Waals surface area contributed by atoms with E-state index in [1.54, 1.807) is 6.92 Å². The Hall–Kier alpha value is -0.710. The predicted molar refractivity (Wildman–Crippen MR) is 46.5 cm³/mol. The van der Waals surface area contributed by atoms with Crippen molar-refractivity contribution < 1.29 is 13.6 Å². The first kappa shape index (κ1) is 12.3. The number of hydrogen-bond acceptors (Lipinski definition) is 2. The zero-order chi connectivity index (χ0) is 10.5. The summed E-state index contributed by atoms with van der Waals surface area (Å²) >= 11 is 0. The molecular weight excluding hydrogens is 178 g/mol. The molecule has 0 aliphatic rings. The predicted octanol–water partition coefficient (Wildman–Crippen LogP) is 0.885. The minimum atomic E-state index is -2.56. The van der Waals surface area contributed by atoms with Gasteiger partial charge in [0.1, 0.15) is 0 Å². The highest BCUT2D eigenvalue weighted by atomic mass is 19.3. The van der Waals surface area contributed by atoms with Crippen LogP contribution in [0.2, 0.25) is 0 Å². The molecule has 0 bridgehead atoms. The Morgan fingerprint density at radius 1 is 1.62 bits per heavy atom. The molecule has 0 radical (unpaired) electrons. The lowest BCUT2D eigenvalue weighted by Crippen LogP contribution is -2.46. The Bertz CT molecular complexity index is 172. The molecule has 5 heteroatoms. The van der Waals surface area contributed by atoms with Crippen LogP contribution < -0.4 is 11.1 Å². The topological polar surface area (TPSA) is 55.1 Å². The molecule has 0 aliphatic heterocycles. The van der Waals surface area contributed by atoms with Gasteiger partial charge in [0.25, 0.3) is 6.43 Å². The average Bonchev–Trinajstić information content (AvgIpc) is 2.03. The molecule has 0 heterocycles. The first-order valence-electron chi connectivity index (χ1n) is 4.24. The number of nitrogens with two attached hydrogens (primary N) is 1. The molecule has 0 saturated carbocycles. The highest BCUT2D eigenvalue weighted by molar-refractivity contribution is 5.75. The summed E-state index contributed by atoms with van der Waals surface area (Å²) in [6.45, 7) is 3.17. The van der Waals surface area contributed by atoms with E-state index in [0.717, 1.165) is 0 Å². The van der Waals surface area contributed by atoms with E-state index in [4.69, 9.17) is 5.73 Å². The van der Waals surface area contributed by atoms with Crippen LogP contribution in [0.3, 0.4) is 0 Å². The van der Waals surface area contributed by atoms with Crippen LogP contribution in [0.4, 0.5) is 8.78 Å². The lowest BCUT2D eigenvalue weighted by atomic mass is 10.0. The summed E-state index contributed by atoms with van der Waals surface area (Å²) in [5.41, 5.74) is 3.77. The van der Waals surface area contributed by atoms with Crippen LogP contribution >= 0.6 is 0 Å². The van der Waals surface area contributed by atoms with Gasteiger partial charge in [0.15, 0.2) is 0 Å². The van der Waals surface area contributed by atoms with Crippen molar-refractivity contribution in [1.29, 1.82) is 0 Å². The van der Waals surface area contributed by atoms with Gasteiger partial charge in [0.05, 0.1) is 5.54 Å². The Morgan fingerprint density at radius 2 is 2.15 bits per heavy atom. The highest BCUT2D eigenvalue weighted by Gasteiger charge is 2.29. The number of halogens is 2. The molecular formula is C8H16F2N2O. The lowest BCUT2D eigenvalue weighted by Gasteiger charge is -2.23. The van der Waals surface area contributed by atoms with Gasteiger partial charge in [0.2, 0.25) is 5.91 Å². The number of nitrogens with one attached hydrogen (secondary N) is 1. The smallest absolute Gasteiger partial charge is 0.256 e. The molecule has 1 amide bonds. The fourth-order valence-electron chi connectivity index (χ4n) is 0.705. The van der Waals surface area contributed by atoms with Gasteiger partial charge >= 0.3 is 0 Å². The van der Waals surface area contributed by atoms with Gasteiger partial charge in [-0.05, 0) is 13.3 Å². The van der Waals surface area contributed by atoms with Crippen molar-refractivity contribution in [1.82, 2.24) is 5.32 Å². The Balaban J connectivity index is 3.70. The van der Waals surface area contributed by atoms with E-state index in [9.17, 15) is 13.6 Å². The van der Waals surface area contributed by atoms with Gasteiger partial charge in [-0.1, -0.05) is 6.92 Å². The minimum absolute atomic E-state index is 0.0798. The van der Waals surface area contributed by atoms with Gasteiger partial charge in [-0.15, -0.1) is 0 Å². The number of carbonyl (C=O) groups is 1. The molecule has 0 saturated heterocycles. The van der Waals surface area contributed by atoms with Crippen molar-refractivity contribution in [3.8, 4) is 0 Å². The lowest BCUT2D eigenvalue weighted by molar-refractivity contribution is -0.120. The third-order valence-corrected chi connectivity index (χ3v) is 1.81. The zero-order valence-electron chi connectivity index (χ0n) is 7.94. The Morgan fingerprint density at radius 3 is 2.54 bits per heavy atom. The summed E-state index contributed by atoms with van der Waals surface area (Å²) in [5.74, 6) is -0.148. The number of carbonyl (C=O) groups excluding carboxylic acids is 1. The first-order valence-corrected chi connectivity index (χ1v) is 4.24. The average molecular weight is 194 g/mol. The summed E-state index contributed by atoms with van der Waals surface area (Å²) in [6.07, 6.45) is -2.13. The van der Waals surface area contributed by atoms with Crippen LogP contribution in [0.25, 0.3) is 0 Å². The number of amides is 1. The van der Waals surface area contributed by atoms with E-state index < -0.39 is 12.0 Å². The molecule has 0 fully saturated rings. The molecule has 3 N–H and O–H groups in total. The van der Waals surface area contributed by atoms with Crippen molar-refractivity contribution in [2.75, 3.05) is 6.54 Å². The quantitative estimate of drug-likeness (QED) is 0.682. The SMILES string of the molecule is CCC(=O)NCCC(C)(N)C(F)F. The monoisotopic (exact) mass is 194 g/mol. The van der Waals surface area contributed by atoms with Crippen LogP contribution in [0.15, 0.2) is 0 Å². The summed E-state index contributed by atoms with van der Waals surface area (Å²) in [6, 6.07) is 0. The third kappa shape index (κ3) is 4.77. The normalized spacial score (nSPS) is 15.5. The van der Waals surface area contributed by atoms with Crippen LogP contribution in [0.1, 0.15) is 26.7 Å². The Labute approximate surface area is 76.7 Å². The summed E-state index contributed by atoms with van der Waals surface area (Å²) in [5, 5.41) is 2.49. The van der Waals surface area contributed by atoms with Crippen molar-refractivity contribution in [3.63, 3.8) is 0 Å². The van der Waals surface area contributed by atoms with Crippen LogP contribution in [0.5, 0.6) is 0 Å². The summed E-state index contributed by atoms with van der Waals surface area (Å²) < 4.78 is 24.4. The van der Waals surface area contributed by atoms with Gasteiger partial charge < -0.3 is 11.1 Å². The van der Waals surface area contributed by atoms with Gasteiger partial charge in [-0.2, -0.15) is 0 Å². The molecule has 13 heavy (non-hydrogen) atoms. The summed E-state index contributed by atoms with van der Waals surface area (Å²) in [4.78, 5) is 10.7. The summed E-state index contributed by atoms with van der Waals surface area (Å²) in [7, 11) is 0. The van der Waals surface area contributed by atoms with E-state index in [2.05, 4.69) is 5.32 Å². The molecule has 1 atom stereocenters. The van der Waals surface area contributed by atoms with Gasteiger partial charge in [-0.25, -0.2) is 8.78 Å². The van der Waals surface area contributed by atoms with Crippen molar-refractivity contribution in [2.24, 2.45) is 5.73 Å². The second-order valence-corrected chi connectivity index (χ2v) is 3.26. The third-order valence-electron chi connectivity index (χ3n) is 1.81. The molecule has 0 aromatic carbocycles. The van der Waals surface area contributed by atoms with Gasteiger partial charge in [0, 0.05) is 13.0 Å².